The van der Waals surface area contributed by atoms with Crippen LogP contribution in [0.1, 0.15) is 64.1 Å². The molecule has 0 saturated heterocycles. The number of fused-ring (bicyclic) bond motifs is 5. The van der Waals surface area contributed by atoms with Crippen LogP contribution < -0.4 is 0 Å². The Morgan fingerprint density at radius 1 is 0.489 bits per heavy atom. The summed E-state index contributed by atoms with van der Waals surface area (Å²) < 4.78 is 0. The van der Waals surface area contributed by atoms with Gasteiger partial charge >= 0.3 is 0 Å². The van der Waals surface area contributed by atoms with Crippen LogP contribution in [0.3, 0.4) is 0 Å². The summed E-state index contributed by atoms with van der Waals surface area (Å²) in [7, 11) is 0. The zero-order valence-corrected chi connectivity index (χ0v) is 26.0. The lowest BCUT2D eigenvalue weighted by Crippen LogP contribution is -2.32. The minimum atomic E-state index is -0.449. The van der Waals surface area contributed by atoms with Crippen molar-refractivity contribution in [3.05, 3.63) is 178 Å². The van der Waals surface area contributed by atoms with Crippen LogP contribution in [0.15, 0.2) is 140 Å². The lowest BCUT2D eigenvalue weighted by molar-refractivity contribution is 0.417. The van der Waals surface area contributed by atoms with Crippen molar-refractivity contribution < 1.29 is 0 Å². The molecule has 0 heterocycles. The van der Waals surface area contributed by atoms with Gasteiger partial charge in [-0.05, 0) is 116 Å². The molecular formula is C45H36. The summed E-state index contributed by atoms with van der Waals surface area (Å²) in [6.45, 7) is 4.52. The fourth-order valence-corrected chi connectivity index (χ4v) is 8.52. The molecular weight excluding hydrogens is 540 g/mol. The molecule has 7 aromatic carbocycles. The molecule has 0 bridgehead atoms. The van der Waals surface area contributed by atoms with Gasteiger partial charge < -0.3 is 0 Å². The first-order valence-electron chi connectivity index (χ1n) is 16.5. The minimum Gasteiger partial charge on any atom is -0.0619 e. The first-order chi connectivity index (χ1) is 22.1. The predicted molar refractivity (Wildman–Crippen MR) is 190 cm³/mol. The normalized spacial score (nSPS) is 17.3. The second kappa shape index (κ2) is 10.0. The van der Waals surface area contributed by atoms with Gasteiger partial charge in [0.1, 0.15) is 0 Å². The Morgan fingerprint density at radius 2 is 1.11 bits per heavy atom. The molecule has 2 aliphatic rings. The zero-order chi connectivity index (χ0) is 30.1. The summed E-state index contributed by atoms with van der Waals surface area (Å²) in [5, 5.41) is 5.39. The molecule has 1 fully saturated rings. The van der Waals surface area contributed by atoms with Gasteiger partial charge in [-0.2, -0.15) is 0 Å². The fraction of sp³-hybridized carbons (Fsp3) is 0.156. The lowest BCUT2D eigenvalue weighted by atomic mass is 9.61. The summed E-state index contributed by atoms with van der Waals surface area (Å²) >= 11 is 0. The SMILES string of the molecule is Cc1ccc(-c2ccc3c(c2)C(c2ccc4ccccc4c2C)(c2ccc4ccccc4c2C2CCC2)c2ccccc2-3)cc1. The smallest absolute Gasteiger partial charge is 0.0619 e. The highest BCUT2D eigenvalue weighted by Crippen LogP contribution is 2.60. The standard InChI is InChI=1S/C45H36/c1-29-18-20-31(21-19-29)35-22-25-39-38-16-7-8-17-41(38)45(43(39)28-35,40-26-23-32-10-3-5-14-36(32)30(40)2)42-27-24-33-11-4-6-15-37(33)44(42)34-12-9-13-34/h3-8,10-11,14-28,34H,9,12-13H2,1-2H3. The van der Waals surface area contributed by atoms with E-state index < -0.39 is 5.41 Å². The fourth-order valence-electron chi connectivity index (χ4n) is 8.52. The van der Waals surface area contributed by atoms with E-state index in [2.05, 4.69) is 153 Å². The Hall–Kier alpha value is -4.94. The van der Waals surface area contributed by atoms with Crippen molar-refractivity contribution in [2.24, 2.45) is 0 Å². The highest BCUT2D eigenvalue weighted by Gasteiger charge is 2.49. The third-order valence-electron chi connectivity index (χ3n) is 10.9. The van der Waals surface area contributed by atoms with Gasteiger partial charge in [-0.25, -0.2) is 0 Å². The second-order valence-corrected chi connectivity index (χ2v) is 13.3. The largest absolute Gasteiger partial charge is 0.0719 e. The molecule has 0 radical (unpaired) electrons. The van der Waals surface area contributed by atoms with Crippen LogP contribution in [0, 0.1) is 13.8 Å². The van der Waals surface area contributed by atoms with Crippen molar-refractivity contribution >= 4 is 21.5 Å². The van der Waals surface area contributed by atoms with Crippen LogP contribution in [0.5, 0.6) is 0 Å². The maximum Gasteiger partial charge on any atom is 0.0719 e. The van der Waals surface area contributed by atoms with E-state index in [0.717, 1.165) is 0 Å². The molecule has 0 amide bonds. The molecule has 1 unspecified atom stereocenters. The molecule has 7 aromatic rings. The third kappa shape index (κ3) is 3.78. The zero-order valence-electron chi connectivity index (χ0n) is 26.0. The maximum absolute atomic E-state index is 2.52. The molecule has 0 spiro atoms. The molecule has 0 aromatic heterocycles. The summed E-state index contributed by atoms with van der Waals surface area (Å²) in [6, 6.07) is 53.2. The van der Waals surface area contributed by atoms with E-state index in [1.54, 1.807) is 5.56 Å². The van der Waals surface area contributed by atoms with Gasteiger partial charge in [0.2, 0.25) is 0 Å². The van der Waals surface area contributed by atoms with Crippen molar-refractivity contribution in [3.8, 4) is 22.3 Å². The van der Waals surface area contributed by atoms with Gasteiger partial charge in [0, 0.05) is 0 Å². The first kappa shape index (κ1) is 26.5. The Kier molecular flexibility index (Phi) is 5.91. The molecule has 0 aliphatic heterocycles. The molecule has 45 heavy (non-hydrogen) atoms. The van der Waals surface area contributed by atoms with Gasteiger partial charge in [0.05, 0.1) is 5.41 Å². The average Bonchev–Trinajstić information content (AvgIpc) is 3.35. The van der Waals surface area contributed by atoms with Gasteiger partial charge in [-0.15, -0.1) is 0 Å². The van der Waals surface area contributed by atoms with E-state index in [4.69, 9.17) is 0 Å². The van der Waals surface area contributed by atoms with E-state index >= 15 is 0 Å². The molecule has 9 rings (SSSR count). The number of rotatable bonds is 4. The Bertz CT molecular complexity index is 2260. The molecule has 216 valence electrons. The summed E-state index contributed by atoms with van der Waals surface area (Å²) in [6.07, 6.45) is 3.82. The van der Waals surface area contributed by atoms with Gasteiger partial charge in [-0.3, -0.25) is 0 Å². The van der Waals surface area contributed by atoms with Gasteiger partial charge in [-0.1, -0.05) is 145 Å². The van der Waals surface area contributed by atoms with E-state index in [-0.39, 0.29) is 0 Å². The third-order valence-corrected chi connectivity index (χ3v) is 10.9. The van der Waals surface area contributed by atoms with Crippen LogP contribution in [0.25, 0.3) is 43.8 Å². The Balaban J connectivity index is 1.47. The van der Waals surface area contributed by atoms with Gasteiger partial charge in [0.25, 0.3) is 0 Å². The molecule has 2 aliphatic carbocycles. The monoisotopic (exact) mass is 576 g/mol. The topological polar surface area (TPSA) is 0 Å². The molecule has 1 saturated carbocycles. The number of hydrogen-bond acceptors (Lipinski definition) is 0. The van der Waals surface area contributed by atoms with Crippen molar-refractivity contribution in [2.45, 2.75) is 44.4 Å². The molecule has 0 nitrogen and oxygen atoms in total. The number of aryl methyl sites for hydroxylation is 2. The van der Waals surface area contributed by atoms with Crippen LogP contribution >= 0.6 is 0 Å². The Labute approximate surface area is 266 Å². The van der Waals surface area contributed by atoms with E-state index in [1.807, 2.05) is 0 Å². The van der Waals surface area contributed by atoms with Crippen LogP contribution in [-0.4, -0.2) is 0 Å². The van der Waals surface area contributed by atoms with Crippen LogP contribution in [0.2, 0.25) is 0 Å². The molecule has 0 N–H and O–H groups in total. The summed E-state index contributed by atoms with van der Waals surface area (Å²) in [4.78, 5) is 0. The van der Waals surface area contributed by atoms with E-state index in [1.165, 1.54) is 96.4 Å². The number of benzene rings is 7. The highest BCUT2D eigenvalue weighted by atomic mass is 14.5. The average molecular weight is 577 g/mol. The van der Waals surface area contributed by atoms with Crippen molar-refractivity contribution in [1.29, 1.82) is 0 Å². The Morgan fingerprint density at radius 3 is 1.87 bits per heavy atom. The van der Waals surface area contributed by atoms with Crippen LogP contribution in [0.4, 0.5) is 0 Å². The first-order valence-corrected chi connectivity index (χ1v) is 16.5. The van der Waals surface area contributed by atoms with E-state index in [0.29, 0.717) is 5.92 Å². The number of hydrogen-bond donors (Lipinski definition) is 0. The maximum atomic E-state index is 2.52. The second-order valence-electron chi connectivity index (χ2n) is 13.3. The molecule has 0 heteroatoms. The van der Waals surface area contributed by atoms with Crippen LogP contribution in [-0.2, 0) is 5.41 Å². The minimum absolute atomic E-state index is 0.449. The highest BCUT2D eigenvalue weighted by molar-refractivity contribution is 5.95. The van der Waals surface area contributed by atoms with Crippen molar-refractivity contribution in [1.82, 2.24) is 0 Å². The molecule has 1 atom stereocenters. The predicted octanol–water partition coefficient (Wildman–Crippen LogP) is 11.9. The quantitative estimate of drug-likeness (QED) is 0.195. The van der Waals surface area contributed by atoms with Crippen molar-refractivity contribution in [3.63, 3.8) is 0 Å². The lowest BCUT2D eigenvalue weighted by Gasteiger charge is -2.40. The summed E-state index contributed by atoms with van der Waals surface area (Å²) in [5.74, 6) is 0.570. The van der Waals surface area contributed by atoms with E-state index in [9.17, 15) is 0 Å². The van der Waals surface area contributed by atoms with Crippen molar-refractivity contribution in [2.75, 3.05) is 0 Å². The van der Waals surface area contributed by atoms with Gasteiger partial charge in [0.15, 0.2) is 0 Å². The summed E-state index contributed by atoms with van der Waals surface area (Å²) in [5.41, 5.74) is 14.6.